The molecule has 1 aromatic heterocycles. The topological polar surface area (TPSA) is 63.2 Å². The molecule has 2 heterocycles. The lowest BCUT2D eigenvalue weighted by atomic mass is 10.1. The molecule has 0 bridgehead atoms. The summed E-state index contributed by atoms with van der Waals surface area (Å²) < 4.78 is 5.34. The third kappa shape index (κ3) is 4.18. The molecule has 6 nitrogen and oxygen atoms in total. The van der Waals surface area contributed by atoms with Gasteiger partial charge in [0.1, 0.15) is 0 Å². The lowest BCUT2D eigenvalue weighted by Gasteiger charge is -2.32. The molecule has 0 spiro atoms. The van der Waals surface area contributed by atoms with Crippen LogP contribution in [0.1, 0.15) is 15.9 Å². The summed E-state index contributed by atoms with van der Waals surface area (Å²) in [6.45, 7) is 3.41. The number of amides is 1. The molecule has 0 atom stereocenters. The van der Waals surface area contributed by atoms with Crippen LogP contribution in [0.3, 0.4) is 0 Å². The molecule has 2 aromatic carbocycles. The number of likely N-dealkylation sites (N-methyl/N-ethyl adjacent to an activating group) is 1. The number of nitrogens with zero attached hydrogens (tertiary/aromatic N) is 3. The monoisotopic (exact) mass is 375 g/mol. The average Bonchev–Trinajstić information content (AvgIpc) is 3.28. The normalized spacial score (nSPS) is 15.2. The van der Waals surface area contributed by atoms with Crippen molar-refractivity contribution in [1.82, 2.24) is 9.80 Å². The molecule has 28 heavy (non-hydrogen) atoms. The lowest BCUT2D eigenvalue weighted by Crippen LogP contribution is -2.47. The molecule has 1 aliphatic heterocycles. The van der Waals surface area contributed by atoms with E-state index in [1.165, 1.54) is 0 Å². The number of piperazine rings is 1. The number of benzene rings is 2. The van der Waals surface area contributed by atoms with Crippen molar-refractivity contribution in [2.24, 2.45) is 4.99 Å². The zero-order valence-electron chi connectivity index (χ0n) is 15.8. The van der Waals surface area contributed by atoms with Crippen LogP contribution in [0.5, 0.6) is 0 Å². The number of carbonyl (C=O) groups excluding carboxylic acids is 1. The summed E-state index contributed by atoms with van der Waals surface area (Å²) in [5.74, 6) is 0.887. The molecule has 4 rings (SSSR count). The summed E-state index contributed by atoms with van der Waals surface area (Å²) in [4.78, 5) is 24.2. The number of hydrogen-bond donors (Lipinski definition) is 0. The summed E-state index contributed by atoms with van der Waals surface area (Å²) in [5.41, 5.74) is 3.53. The van der Waals surface area contributed by atoms with E-state index in [1.54, 1.807) is 12.6 Å². The second-order valence-electron chi connectivity index (χ2n) is 6.93. The number of H-pyrrole nitrogens is 1. The molecular weight excluding hydrogens is 352 g/mol. The van der Waals surface area contributed by atoms with Crippen LogP contribution in [0.4, 0.5) is 5.69 Å². The Balaban J connectivity index is 1.39. The molecule has 1 fully saturated rings. The fourth-order valence-corrected chi connectivity index (χ4v) is 3.16. The van der Waals surface area contributed by atoms with Crippen molar-refractivity contribution in [2.45, 2.75) is 0 Å². The number of hydrogen-bond acceptors (Lipinski definition) is 4. The Labute approximate surface area is 164 Å². The Hall–Kier alpha value is -3.25. The van der Waals surface area contributed by atoms with Gasteiger partial charge in [0.25, 0.3) is 5.91 Å². The van der Waals surface area contributed by atoms with E-state index in [0.717, 1.165) is 54.3 Å². The summed E-state index contributed by atoms with van der Waals surface area (Å²) in [6.07, 6.45) is 5.16. The van der Waals surface area contributed by atoms with E-state index in [2.05, 4.69) is 21.9 Å². The van der Waals surface area contributed by atoms with Gasteiger partial charge in [0.15, 0.2) is 0 Å². The van der Waals surface area contributed by atoms with E-state index < -0.39 is 0 Å². The standard InChI is InChI=1S/C22H22N4O2/c1-25-10-12-26(13-11-25)22(27)19-4-2-17(3-5-19)14-24-20-8-6-18(7-9-20)21-15-23-16-28-21/h2-9,14-16H,10-13H2,1H3/p+1. The fraction of sp³-hybridized carbons (Fsp3) is 0.227. The van der Waals surface area contributed by atoms with Crippen molar-refractivity contribution in [1.29, 1.82) is 0 Å². The van der Waals surface area contributed by atoms with Crippen molar-refractivity contribution in [3.63, 3.8) is 0 Å². The van der Waals surface area contributed by atoms with E-state index in [9.17, 15) is 4.79 Å². The Morgan fingerprint density at radius 2 is 1.75 bits per heavy atom. The molecule has 6 heteroatoms. The Morgan fingerprint density at radius 3 is 2.39 bits per heavy atom. The van der Waals surface area contributed by atoms with Gasteiger partial charge in [-0.15, -0.1) is 0 Å². The molecule has 0 unspecified atom stereocenters. The lowest BCUT2D eigenvalue weighted by molar-refractivity contribution is -0.383. The highest BCUT2D eigenvalue weighted by molar-refractivity contribution is 5.95. The first-order valence-electron chi connectivity index (χ1n) is 9.36. The first kappa shape index (κ1) is 18.1. The van der Waals surface area contributed by atoms with E-state index in [4.69, 9.17) is 4.42 Å². The van der Waals surface area contributed by atoms with Crippen molar-refractivity contribution >= 4 is 17.8 Å². The van der Waals surface area contributed by atoms with Gasteiger partial charge in [-0.2, -0.15) is 4.98 Å². The molecule has 1 amide bonds. The number of aromatic amines is 1. The smallest absolute Gasteiger partial charge is 0.333 e. The van der Waals surface area contributed by atoms with Crippen LogP contribution in [-0.4, -0.2) is 55.1 Å². The number of aromatic nitrogens is 1. The Kier molecular flexibility index (Phi) is 5.30. The maximum Gasteiger partial charge on any atom is 0.333 e. The molecule has 1 aliphatic rings. The fourth-order valence-electron chi connectivity index (χ4n) is 3.16. The minimum atomic E-state index is 0.0994. The highest BCUT2D eigenvalue weighted by Crippen LogP contribution is 2.21. The Bertz CT molecular complexity index is 939. The predicted octanol–water partition coefficient (Wildman–Crippen LogP) is 2.90. The number of carbonyl (C=O) groups is 1. The second kappa shape index (κ2) is 8.19. The van der Waals surface area contributed by atoms with Crippen LogP contribution >= 0.6 is 0 Å². The number of aliphatic imine (C=N–C) groups is 1. The largest absolute Gasteiger partial charge is 0.404 e. The number of oxazole rings is 1. The van der Waals surface area contributed by atoms with E-state index >= 15 is 0 Å². The number of nitrogens with one attached hydrogen (secondary N) is 1. The SMILES string of the molecule is CN1CCN(C(=O)c2ccc(C=Nc3ccc(-c4c[nH+]co4)cc3)cc2)CC1. The van der Waals surface area contributed by atoms with Gasteiger partial charge in [-0.3, -0.25) is 9.79 Å². The van der Waals surface area contributed by atoms with Crippen LogP contribution in [-0.2, 0) is 0 Å². The molecule has 142 valence electrons. The highest BCUT2D eigenvalue weighted by atomic mass is 16.3. The van der Waals surface area contributed by atoms with Crippen molar-refractivity contribution in [3.05, 3.63) is 72.2 Å². The van der Waals surface area contributed by atoms with Crippen LogP contribution in [0.25, 0.3) is 11.3 Å². The summed E-state index contributed by atoms with van der Waals surface area (Å²) in [5, 5.41) is 0. The Morgan fingerprint density at radius 1 is 1.04 bits per heavy atom. The third-order valence-electron chi connectivity index (χ3n) is 4.93. The minimum absolute atomic E-state index is 0.0994. The predicted molar refractivity (Wildman–Crippen MR) is 108 cm³/mol. The average molecular weight is 375 g/mol. The van der Waals surface area contributed by atoms with Gasteiger partial charge in [-0.1, -0.05) is 12.1 Å². The van der Waals surface area contributed by atoms with Crippen molar-refractivity contribution in [2.75, 3.05) is 33.2 Å². The molecule has 0 radical (unpaired) electrons. The molecule has 3 aromatic rings. The highest BCUT2D eigenvalue weighted by Gasteiger charge is 2.19. The van der Waals surface area contributed by atoms with E-state index in [1.807, 2.05) is 59.6 Å². The first-order chi connectivity index (χ1) is 13.7. The van der Waals surface area contributed by atoms with Gasteiger partial charge in [0.05, 0.1) is 5.69 Å². The van der Waals surface area contributed by atoms with Gasteiger partial charge in [-0.05, 0) is 49.0 Å². The second-order valence-corrected chi connectivity index (χ2v) is 6.93. The van der Waals surface area contributed by atoms with Crippen LogP contribution in [0, 0.1) is 0 Å². The maximum absolute atomic E-state index is 12.6. The maximum atomic E-state index is 12.6. The third-order valence-corrected chi connectivity index (χ3v) is 4.93. The van der Waals surface area contributed by atoms with Gasteiger partial charge >= 0.3 is 6.39 Å². The van der Waals surface area contributed by atoms with Gasteiger partial charge in [0, 0.05) is 43.5 Å². The van der Waals surface area contributed by atoms with Crippen LogP contribution in [0.15, 0.2) is 70.5 Å². The van der Waals surface area contributed by atoms with Gasteiger partial charge < -0.3 is 14.2 Å². The summed E-state index contributed by atoms with van der Waals surface area (Å²) in [6, 6.07) is 15.4. The summed E-state index contributed by atoms with van der Waals surface area (Å²) in [7, 11) is 2.08. The zero-order valence-corrected chi connectivity index (χ0v) is 15.8. The van der Waals surface area contributed by atoms with Crippen LogP contribution in [0.2, 0.25) is 0 Å². The summed E-state index contributed by atoms with van der Waals surface area (Å²) >= 11 is 0. The van der Waals surface area contributed by atoms with Crippen molar-refractivity contribution in [3.8, 4) is 11.3 Å². The molecular formula is C22H23N4O2+. The van der Waals surface area contributed by atoms with E-state index in [0.29, 0.717) is 0 Å². The minimum Gasteiger partial charge on any atom is -0.404 e. The number of rotatable bonds is 4. The van der Waals surface area contributed by atoms with Gasteiger partial charge in [-0.25, -0.2) is 0 Å². The molecule has 0 aliphatic carbocycles. The van der Waals surface area contributed by atoms with E-state index in [-0.39, 0.29) is 5.91 Å². The van der Waals surface area contributed by atoms with Gasteiger partial charge in [0.2, 0.25) is 12.0 Å². The zero-order chi connectivity index (χ0) is 19.3. The van der Waals surface area contributed by atoms with Crippen LogP contribution < -0.4 is 4.98 Å². The molecule has 1 N–H and O–H groups in total. The quantitative estimate of drug-likeness (QED) is 0.659. The van der Waals surface area contributed by atoms with Crippen molar-refractivity contribution < 1.29 is 14.2 Å². The molecule has 0 saturated carbocycles. The molecule has 1 saturated heterocycles. The first-order valence-corrected chi connectivity index (χ1v) is 9.36.